The first-order valence-corrected chi connectivity index (χ1v) is 8.14. The van der Waals surface area contributed by atoms with E-state index in [-0.39, 0.29) is 5.91 Å². The molecule has 0 saturated carbocycles. The first-order chi connectivity index (χ1) is 12.2. The molecule has 126 valence electrons. The Morgan fingerprint density at radius 2 is 1.80 bits per heavy atom. The summed E-state index contributed by atoms with van der Waals surface area (Å²) >= 11 is 0. The summed E-state index contributed by atoms with van der Waals surface area (Å²) in [5.74, 6) is -0.184. The standard InChI is InChI=1S/C20H20N4O/c1-15-4-2-3-5-17(15)14-24-20(25)19-12-18(8-11-22-19)23-13-16-6-9-21-10-7-16/h2-12H,13-14H2,1H3,(H,22,23)(H,24,25). The fraction of sp³-hybridized carbons (Fsp3) is 0.150. The number of pyridine rings is 2. The van der Waals surface area contributed by atoms with Crippen molar-refractivity contribution in [1.29, 1.82) is 0 Å². The van der Waals surface area contributed by atoms with Gasteiger partial charge in [0.05, 0.1) is 0 Å². The van der Waals surface area contributed by atoms with E-state index in [1.807, 2.05) is 49.4 Å². The van der Waals surface area contributed by atoms with Gasteiger partial charge in [0.25, 0.3) is 5.91 Å². The monoisotopic (exact) mass is 332 g/mol. The van der Waals surface area contributed by atoms with Crippen molar-refractivity contribution >= 4 is 11.6 Å². The minimum atomic E-state index is -0.184. The highest BCUT2D eigenvalue weighted by molar-refractivity contribution is 5.93. The maximum Gasteiger partial charge on any atom is 0.270 e. The molecule has 25 heavy (non-hydrogen) atoms. The van der Waals surface area contributed by atoms with Gasteiger partial charge in [-0.2, -0.15) is 0 Å². The van der Waals surface area contributed by atoms with Crippen molar-refractivity contribution in [3.05, 3.63) is 89.5 Å². The molecule has 5 heteroatoms. The first kappa shape index (κ1) is 16.6. The predicted octanol–water partition coefficient (Wildman–Crippen LogP) is 3.33. The highest BCUT2D eigenvalue weighted by Gasteiger charge is 2.08. The van der Waals surface area contributed by atoms with Gasteiger partial charge in [-0.25, -0.2) is 0 Å². The lowest BCUT2D eigenvalue weighted by molar-refractivity contribution is 0.0946. The largest absolute Gasteiger partial charge is 0.381 e. The number of carbonyl (C=O) groups excluding carboxylic acids is 1. The normalized spacial score (nSPS) is 10.3. The Balaban J connectivity index is 1.60. The molecule has 1 amide bonds. The highest BCUT2D eigenvalue weighted by Crippen LogP contribution is 2.11. The number of nitrogens with one attached hydrogen (secondary N) is 2. The number of anilines is 1. The quantitative estimate of drug-likeness (QED) is 0.726. The number of carbonyl (C=O) groups is 1. The van der Waals surface area contributed by atoms with E-state index in [9.17, 15) is 4.79 Å². The molecule has 0 spiro atoms. The maximum absolute atomic E-state index is 12.3. The molecule has 5 nitrogen and oxygen atoms in total. The Labute approximate surface area is 147 Å². The van der Waals surface area contributed by atoms with Crippen molar-refractivity contribution in [2.45, 2.75) is 20.0 Å². The number of nitrogens with zero attached hydrogens (tertiary/aromatic N) is 2. The van der Waals surface area contributed by atoms with E-state index in [2.05, 4.69) is 20.6 Å². The molecule has 0 fully saturated rings. The second-order valence-corrected chi connectivity index (χ2v) is 5.75. The molecule has 3 rings (SSSR count). The smallest absolute Gasteiger partial charge is 0.270 e. The van der Waals surface area contributed by atoms with Crippen LogP contribution in [-0.4, -0.2) is 15.9 Å². The van der Waals surface area contributed by atoms with Crippen LogP contribution in [0.25, 0.3) is 0 Å². The van der Waals surface area contributed by atoms with Gasteiger partial charge in [0.1, 0.15) is 5.69 Å². The molecule has 0 aliphatic heterocycles. The molecule has 2 aromatic heterocycles. The zero-order valence-corrected chi connectivity index (χ0v) is 14.1. The summed E-state index contributed by atoms with van der Waals surface area (Å²) in [5, 5.41) is 6.21. The Hall–Kier alpha value is -3.21. The lowest BCUT2D eigenvalue weighted by atomic mass is 10.1. The molecule has 0 radical (unpaired) electrons. The molecule has 0 atom stereocenters. The number of benzene rings is 1. The van der Waals surface area contributed by atoms with Crippen LogP contribution in [0.1, 0.15) is 27.2 Å². The van der Waals surface area contributed by atoms with Crippen LogP contribution in [0.4, 0.5) is 5.69 Å². The van der Waals surface area contributed by atoms with Gasteiger partial charge in [-0.1, -0.05) is 24.3 Å². The first-order valence-electron chi connectivity index (χ1n) is 8.14. The molecule has 2 N–H and O–H groups in total. The van der Waals surface area contributed by atoms with Crippen LogP contribution in [-0.2, 0) is 13.1 Å². The van der Waals surface area contributed by atoms with Crippen molar-refractivity contribution in [3.63, 3.8) is 0 Å². The van der Waals surface area contributed by atoms with Gasteiger partial charge in [0.15, 0.2) is 0 Å². The van der Waals surface area contributed by atoms with Crippen LogP contribution in [0.3, 0.4) is 0 Å². The van der Waals surface area contributed by atoms with Crippen molar-refractivity contribution in [3.8, 4) is 0 Å². The minimum Gasteiger partial charge on any atom is -0.381 e. The summed E-state index contributed by atoms with van der Waals surface area (Å²) in [6, 6.07) is 15.5. The van der Waals surface area contributed by atoms with E-state index in [1.54, 1.807) is 24.7 Å². The molecular weight excluding hydrogens is 312 g/mol. The Kier molecular flexibility index (Phi) is 5.36. The SMILES string of the molecule is Cc1ccccc1CNC(=O)c1cc(NCc2ccncc2)ccn1. The van der Waals surface area contributed by atoms with Crippen molar-refractivity contribution in [2.75, 3.05) is 5.32 Å². The van der Waals surface area contributed by atoms with Crippen LogP contribution in [0.5, 0.6) is 0 Å². The van der Waals surface area contributed by atoms with Crippen LogP contribution in [0, 0.1) is 6.92 Å². The number of aryl methyl sites for hydroxylation is 1. The molecule has 1 aromatic carbocycles. The van der Waals surface area contributed by atoms with E-state index in [4.69, 9.17) is 0 Å². The molecule has 0 aliphatic carbocycles. The van der Waals surface area contributed by atoms with E-state index >= 15 is 0 Å². The number of hydrogen-bond donors (Lipinski definition) is 2. The van der Waals surface area contributed by atoms with Gasteiger partial charge in [-0.05, 0) is 47.9 Å². The van der Waals surface area contributed by atoms with Gasteiger partial charge < -0.3 is 10.6 Å². The van der Waals surface area contributed by atoms with Crippen LogP contribution >= 0.6 is 0 Å². The Morgan fingerprint density at radius 3 is 2.60 bits per heavy atom. The van der Waals surface area contributed by atoms with Crippen molar-refractivity contribution in [2.24, 2.45) is 0 Å². The zero-order chi connectivity index (χ0) is 17.5. The molecule has 0 bridgehead atoms. The predicted molar refractivity (Wildman–Crippen MR) is 98.1 cm³/mol. The molecule has 0 unspecified atom stereocenters. The van der Waals surface area contributed by atoms with Crippen LogP contribution in [0.15, 0.2) is 67.1 Å². The second kappa shape index (κ2) is 8.06. The summed E-state index contributed by atoms with van der Waals surface area (Å²) in [7, 11) is 0. The second-order valence-electron chi connectivity index (χ2n) is 5.75. The Bertz CT molecular complexity index is 849. The average molecular weight is 332 g/mol. The third-order valence-electron chi connectivity index (χ3n) is 3.94. The molecular formula is C20H20N4O. The van der Waals surface area contributed by atoms with E-state index < -0.39 is 0 Å². The third kappa shape index (κ3) is 4.64. The molecule has 0 saturated heterocycles. The molecule has 2 heterocycles. The average Bonchev–Trinajstić information content (AvgIpc) is 2.66. The lowest BCUT2D eigenvalue weighted by Gasteiger charge is -2.09. The van der Waals surface area contributed by atoms with Gasteiger partial charge in [0, 0.05) is 37.4 Å². The van der Waals surface area contributed by atoms with Crippen LogP contribution in [0.2, 0.25) is 0 Å². The number of hydrogen-bond acceptors (Lipinski definition) is 4. The molecule has 0 aliphatic rings. The summed E-state index contributed by atoms with van der Waals surface area (Å²) in [4.78, 5) is 20.5. The maximum atomic E-state index is 12.3. The van der Waals surface area contributed by atoms with Crippen LogP contribution < -0.4 is 10.6 Å². The van der Waals surface area contributed by atoms with Crippen molar-refractivity contribution < 1.29 is 4.79 Å². The summed E-state index contributed by atoms with van der Waals surface area (Å²) < 4.78 is 0. The number of aromatic nitrogens is 2. The topological polar surface area (TPSA) is 66.9 Å². The Morgan fingerprint density at radius 1 is 1.00 bits per heavy atom. The fourth-order valence-electron chi connectivity index (χ4n) is 2.44. The summed E-state index contributed by atoms with van der Waals surface area (Å²) in [6.07, 6.45) is 5.15. The summed E-state index contributed by atoms with van der Waals surface area (Å²) in [6.45, 7) is 3.18. The third-order valence-corrected chi connectivity index (χ3v) is 3.94. The van der Waals surface area contributed by atoms with Gasteiger partial charge >= 0.3 is 0 Å². The zero-order valence-electron chi connectivity index (χ0n) is 14.1. The van der Waals surface area contributed by atoms with Gasteiger partial charge in [-0.15, -0.1) is 0 Å². The van der Waals surface area contributed by atoms with Gasteiger partial charge in [-0.3, -0.25) is 14.8 Å². The lowest BCUT2D eigenvalue weighted by Crippen LogP contribution is -2.24. The molecule has 3 aromatic rings. The van der Waals surface area contributed by atoms with E-state index in [0.29, 0.717) is 18.8 Å². The van der Waals surface area contributed by atoms with Gasteiger partial charge in [0.2, 0.25) is 0 Å². The van der Waals surface area contributed by atoms with E-state index in [0.717, 1.165) is 22.4 Å². The minimum absolute atomic E-state index is 0.184. The highest BCUT2D eigenvalue weighted by atomic mass is 16.1. The number of rotatable bonds is 6. The summed E-state index contributed by atoms with van der Waals surface area (Å²) in [5.41, 5.74) is 4.63. The fourth-order valence-corrected chi connectivity index (χ4v) is 2.44. The number of amides is 1. The van der Waals surface area contributed by atoms with Crippen molar-refractivity contribution in [1.82, 2.24) is 15.3 Å². The van der Waals surface area contributed by atoms with E-state index in [1.165, 1.54) is 0 Å².